The van der Waals surface area contributed by atoms with Gasteiger partial charge in [0.1, 0.15) is 0 Å². The van der Waals surface area contributed by atoms with E-state index in [0.29, 0.717) is 12.1 Å². The summed E-state index contributed by atoms with van der Waals surface area (Å²) in [6.07, 6.45) is 5.13. The smallest absolute Gasteiger partial charge is 0.0296 e. The number of hydrogen-bond donors (Lipinski definition) is 1. The fourth-order valence-corrected chi connectivity index (χ4v) is 2.37. The SMILES string of the molecule is CCCCC(CC)N[C@H](C)c1ccccc1C. The van der Waals surface area contributed by atoms with Gasteiger partial charge in [0.2, 0.25) is 0 Å². The maximum absolute atomic E-state index is 3.76. The molecule has 0 heterocycles. The molecule has 0 amide bonds. The fourth-order valence-electron chi connectivity index (χ4n) is 2.37. The number of hydrogen-bond acceptors (Lipinski definition) is 1. The minimum absolute atomic E-state index is 0.456. The first-order valence-electron chi connectivity index (χ1n) is 7.00. The van der Waals surface area contributed by atoms with Crippen LogP contribution in [-0.2, 0) is 0 Å². The Balaban J connectivity index is 2.58. The molecule has 1 aromatic carbocycles. The predicted octanol–water partition coefficient (Wildman–Crippen LogP) is 4.61. The van der Waals surface area contributed by atoms with Crippen LogP contribution in [0.5, 0.6) is 0 Å². The fraction of sp³-hybridized carbons (Fsp3) is 0.625. The molecule has 1 N–H and O–H groups in total. The van der Waals surface area contributed by atoms with Crippen molar-refractivity contribution in [3.8, 4) is 0 Å². The second-order valence-corrected chi connectivity index (χ2v) is 4.99. The Hall–Kier alpha value is -0.820. The third-order valence-electron chi connectivity index (χ3n) is 3.54. The van der Waals surface area contributed by atoms with Crippen LogP contribution in [0.25, 0.3) is 0 Å². The molecule has 17 heavy (non-hydrogen) atoms. The number of unbranched alkanes of at least 4 members (excludes halogenated alkanes) is 1. The molecule has 0 aliphatic rings. The van der Waals surface area contributed by atoms with Gasteiger partial charge in [0.25, 0.3) is 0 Å². The van der Waals surface area contributed by atoms with Crippen LogP contribution < -0.4 is 5.32 Å². The maximum atomic E-state index is 3.76. The normalized spacial score (nSPS) is 14.6. The first kappa shape index (κ1) is 14.2. The zero-order valence-corrected chi connectivity index (χ0v) is 11.8. The molecule has 1 heteroatoms. The zero-order valence-electron chi connectivity index (χ0n) is 11.8. The number of nitrogens with one attached hydrogen (secondary N) is 1. The zero-order chi connectivity index (χ0) is 12.7. The van der Waals surface area contributed by atoms with Crippen molar-refractivity contribution < 1.29 is 0 Å². The summed E-state index contributed by atoms with van der Waals surface area (Å²) in [5, 5.41) is 3.76. The summed E-state index contributed by atoms with van der Waals surface area (Å²) in [5.74, 6) is 0. The number of benzene rings is 1. The summed E-state index contributed by atoms with van der Waals surface area (Å²) in [6, 6.07) is 9.79. The molecule has 0 aliphatic heterocycles. The topological polar surface area (TPSA) is 12.0 Å². The van der Waals surface area contributed by atoms with E-state index in [9.17, 15) is 0 Å². The molecule has 1 nitrogen and oxygen atoms in total. The number of aryl methyl sites for hydroxylation is 1. The van der Waals surface area contributed by atoms with E-state index in [1.807, 2.05) is 0 Å². The van der Waals surface area contributed by atoms with Crippen molar-refractivity contribution in [2.45, 2.75) is 65.5 Å². The Morgan fingerprint density at radius 3 is 2.47 bits per heavy atom. The first-order valence-corrected chi connectivity index (χ1v) is 7.00. The molecular weight excluding hydrogens is 206 g/mol. The molecular formula is C16H27N. The molecule has 96 valence electrons. The van der Waals surface area contributed by atoms with E-state index >= 15 is 0 Å². The van der Waals surface area contributed by atoms with E-state index in [2.05, 4.69) is 57.3 Å². The maximum Gasteiger partial charge on any atom is 0.0296 e. The van der Waals surface area contributed by atoms with E-state index in [-0.39, 0.29) is 0 Å². The van der Waals surface area contributed by atoms with Crippen molar-refractivity contribution in [1.29, 1.82) is 0 Å². The van der Waals surface area contributed by atoms with Gasteiger partial charge in [-0.2, -0.15) is 0 Å². The summed E-state index contributed by atoms with van der Waals surface area (Å²) in [5.41, 5.74) is 2.82. The minimum Gasteiger partial charge on any atom is -0.307 e. The quantitative estimate of drug-likeness (QED) is 0.725. The summed E-state index contributed by atoms with van der Waals surface area (Å²) in [6.45, 7) is 9.01. The third-order valence-corrected chi connectivity index (χ3v) is 3.54. The van der Waals surface area contributed by atoms with Crippen LogP contribution in [-0.4, -0.2) is 6.04 Å². The highest BCUT2D eigenvalue weighted by Crippen LogP contribution is 2.18. The molecule has 1 unspecified atom stereocenters. The van der Waals surface area contributed by atoms with Gasteiger partial charge in [-0.15, -0.1) is 0 Å². The molecule has 1 rings (SSSR count). The van der Waals surface area contributed by atoms with Crippen LogP contribution >= 0.6 is 0 Å². The van der Waals surface area contributed by atoms with Crippen LogP contribution in [0, 0.1) is 6.92 Å². The average Bonchev–Trinajstić information content (AvgIpc) is 2.34. The second-order valence-electron chi connectivity index (χ2n) is 4.99. The Bertz CT molecular complexity index is 319. The molecule has 1 aromatic rings. The van der Waals surface area contributed by atoms with Gasteiger partial charge in [-0.3, -0.25) is 0 Å². The summed E-state index contributed by atoms with van der Waals surface area (Å²) >= 11 is 0. The highest BCUT2D eigenvalue weighted by atomic mass is 14.9. The first-order chi connectivity index (χ1) is 8.19. The van der Waals surface area contributed by atoms with E-state index in [1.54, 1.807) is 0 Å². The molecule has 0 fully saturated rings. The molecule has 0 aliphatic carbocycles. The van der Waals surface area contributed by atoms with Gasteiger partial charge >= 0.3 is 0 Å². The van der Waals surface area contributed by atoms with E-state index in [1.165, 1.54) is 36.8 Å². The second kappa shape index (κ2) is 7.50. The van der Waals surface area contributed by atoms with Gasteiger partial charge in [-0.1, -0.05) is 51.0 Å². The van der Waals surface area contributed by atoms with Gasteiger partial charge in [-0.25, -0.2) is 0 Å². The van der Waals surface area contributed by atoms with E-state index in [4.69, 9.17) is 0 Å². The minimum atomic E-state index is 0.456. The Kier molecular flexibility index (Phi) is 6.28. The van der Waals surface area contributed by atoms with Gasteiger partial charge in [-0.05, 0) is 37.8 Å². The molecule has 0 aromatic heterocycles. The number of rotatable bonds is 7. The standard InChI is InChI=1S/C16H27N/c1-5-7-11-15(6-2)17-14(4)16-12-9-8-10-13(16)3/h8-10,12,14-15,17H,5-7,11H2,1-4H3/t14-,15?/m1/s1. The largest absolute Gasteiger partial charge is 0.307 e. The van der Waals surface area contributed by atoms with Crippen LogP contribution in [0.4, 0.5) is 0 Å². The van der Waals surface area contributed by atoms with Gasteiger partial charge in [0.05, 0.1) is 0 Å². The monoisotopic (exact) mass is 233 g/mol. The summed E-state index contributed by atoms with van der Waals surface area (Å²) in [7, 11) is 0. The molecule has 0 saturated carbocycles. The summed E-state index contributed by atoms with van der Waals surface area (Å²) < 4.78 is 0. The molecule has 0 spiro atoms. The van der Waals surface area contributed by atoms with Crippen molar-refractivity contribution in [3.63, 3.8) is 0 Å². The van der Waals surface area contributed by atoms with E-state index < -0.39 is 0 Å². The molecule has 0 saturated heterocycles. The van der Waals surface area contributed by atoms with Gasteiger partial charge in [0.15, 0.2) is 0 Å². The average molecular weight is 233 g/mol. The highest BCUT2D eigenvalue weighted by molar-refractivity contribution is 5.28. The predicted molar refractivity (Wildman–Crippen MR) is 76.3 cm³/mol. The molecule has 0 radical (unpaired) electrons. The lowest BCUT2D eigenvalue weighted by Gasteiger charge is -2.23. The Morgan fingerprint density at radius 2 is 1.88 bits per heavy atom. The summed E-state index contributed by atoms with van der Waals surface area (Å²) in [4.78, 5) is 0. The highest BCUT2D eigenvalue weighted by Gasteiger charge is 2.12. The lowest BCUT2D eigenvalue weighted by atomic mass is 10.00. The van der Waals surface area contributed by atoms with Crippen LogP contribution in [0.3, 0.4) is 0 Å². The van der Waals surface area contributed by atoms with E-state index in [0.717, 1.165) is 0 Å². The lowest BCUT2D eigenvalue weighted by Crippen LogP contribution is -2.31. The lowest BCUT2D eigenvalue weighted by molar-refractivity contribution is 0.409. The van der Waals surface area contributed by atoms with Gasteiger partial charge in [0, 0.05) is 12.1 Å². The van der Waals surface area contributed by atoms with Crippen molar-refractivity contribution in [1.82, 2.24) is 5.32 Å². The van der Waals surface area contributed by atoms with Crippen LogP contribution in [0.15, 0.2) is 24.3 Å². The van der Waals surface area contributed by atoms with Crippen molar-refractivity contribution in [2.24, 2.45) is 0 Å². The van der Waals surface area contributed by atoms with Crippen molar-refractivity contribution in [3.05, 3.63) is 35.4 Å². The molecule has 0 bridgehead atoms. The van der Waals surface area contributed by atoms with Crippen LogP contribution in [0.2, 0.25) is 0 Å². The Morgan fingerprint density at radius 1 is 1.18 bits per heavy atom. The third kappa shape index (κ3) is 4.51. The Labute approximate surface area is 107 Å². The van der Waals surface area contributed by atoms with Crippen molar-refractivity contribution >= 4 is 0 Å². The van der Waals surface area contributed by atoms with Gasteiger partial charge < -0.3 is 5.32 Å². The molecule has 2 atom stereocenters. The van der Waals surface area contributed by atoms with Crippen molar-refractivity contribution in [2.75, 3.05) is 0 Å². The van der Waals surface area contributed by atoms with Crippen LogP contribution in [0.1, 0.15) is 63.6 Å².